The molecule has 124 valence electrons. The second-order valence-electron chi connectivity index (χ2n) is 5.20. The first kappa shape index (κ1) is 16.4. The molecule has 1 N–H and O–H groups in total. The summed E-state index contributed by atoms with van der Waals surface area (Å²) >= 11 is 1.58. The molecule has 1 amide bonds. The molecular formula is C18H18N2O3S. The Balaban J connectivity index is 1.43. The van der Waals surface area contributed by atoms with Gasteiger partial charge in [-0.05, 0) is 29.8 Å². The molecule has 6 heteroatoms. The van der Waals surface area contributed by atoms with Crippen LogP contribution in [-0.2, 0) is 22.7 Å². The van der Waals surface area contributed by atoms with Gasteiger partial charge in [0.15, 0.2) is 0 Å². The van der Waals surface area contributed by atoms with Crippen molar-refractivity contribution >= 4 is 27.5 Å². The van der Waals surface area contributed by atoms with Gasteiger partial charge in [-0.3, -0.25) is 4.79 Å². The van der Waals surface area contributed by atoms with Crippen LogP contribution >= 0.6 is 11.3 Å². The molecule has 0 saturated heterocycles. The molecule has 3 aromatic rings. The molecule has 3 rings (SSSR count). The van der Waals surface area contributed by atoms with Crippen LogP contribution in [0.3, 0.4) is 0 Å². The molecule has 2 aromatic carbocycles. The third-order valence-electron chi connectivity index (χ3n) is 3.42. The van der Waals surface area contributed by atoms with Crippen molar-refractivity contribution in [3.63, 3.8) is 0 Å². The van der Waals surface area contributed by atoms with Crippen LogP contribution in [0.4, 0.5) is 0 Å². The predicted octanol–water partition coefficient (Wildman–Crippen LogP) is 3.14. The molecule has 1 aromatic heterocycles. The van der Waals surface area contributed by atoms with Crippen molar-refractivity contribution in [3.05, 3.63) is 59.1 Å². The van der Waals surface area contributed by atoms with Crippen LogP contribution in [0.15, 0.2) is 48.5 Å². The van der Waals surface area contributed by atoms with Crippen LogP contribution in [0.25, 0.3) is 10.2 Å². The molecule has 0 spiro atoms. The molecule has 0 radical (unpaired) electrons. The highest BCUT2D eigenvalue weighted by atomic mass is 32.1. The Hall–Kier alpha value is -2.44. The number of fused-ring (bicyclic) bond motifs is 1. The van der Waals surface area contributed by atoms with Crippen molar-refractivity contribution in [3.8, 4) is 5.75 Å². The molecule has 1 heterocycles. The largest absolute Gasteiger partial charge is 0.497 e. The van der Waals surface area contributed by atoms with Gasteiger partial charge in [-0.25, -0.2) is 4.98 Å². The standard InChI is InChI=1S/C18H18N2O3S/c1-22-14-6-4-5-13(9-14)10-19-17(21)11-23-12-18-20-15-7-2-3-8-16(15)24-18/h2-9H,10-12H2,1H3,(H,19,21). The predicted molar refractivity (Wildman–Crippen MR) is 94.1 cm³/mol. The molecule has 0 saturated carbocycles. The zero-order valence-corrected chi connectivity index (χ0v) is 14.1. The number of methoxy groups -OCH3 is 1. The zero-order chi connectivity index (χ0) is 16.8. The van der Waals surface area contributed by atoms with Crippen molar-refractivity contribution in [2.24, 2.45) is 0 Å². The van der Waals surface area contributed by atoms with Gasteiger partial charge in [-0.2, -0.15) is 0 Å². The highest BCUT2D eigenvalue weighted by Crippen LogP contribution is 2.21. The maximum Gasteiger partial charge on any atom is 0.246 e. The van der Waals surface area contributed by atoms with E-state index in [9.17, 15) is 4.79 Å². The minimum absolute atomic E-state index is 0.0138. The number of carbonyl (C=O) groups excluding carboxylic acids is 1. The number of ether oxygens (including phenoxy) is 2. The number of para-hydroxylation sites is 1. The molecule has 24 heavy (non-hydrogen) atoms. The number of aromatic nitrogens is 1. The minimum atomic E-state index is -0.154. The summed E-state index contributed by atoms with van der Waals surface area (Å²) in [5.41, 5.74) is 1.94. The summed E-state index contributed by atoms with van der Waals surface area (Å²) in [4.78, 5) is 16.3. The number of nitrogens with zero attached hydrogens (tertiary/aromatic N) is 1. The Labute approximate surface area is 144 Å². The second kappa shape index (κ2) is 7.90. The number of rotatable bonds is 7. The Morgan fingerprint density at radius 3 is 2.92 bits per heavy atom. The second-order valence-corrected chi connectivity index (χ2v) is 6.31. The maximum absolute atomic E-state index is 11.8. The average Bonchev–Trinajstić information content (AvgIpc) is 3.03. The summed E-state index contributed by atoms with van der Waals surface area (Å²) in [5.74, 6) is 0.618. The summed E-state index contributed by atoms with van der Waals surface area (Å²) in [5, 5.41) is 3.70. The SMILES string of the molecule is COc1cccc(CNC(=O)COCc2nc3ccccc3s2)c1. The summed E-state index contributed by atoms with van der Waals surface area (Å²) < 4.78 is 11.7. The van der Waals surface area contributed by atoms with Gasteiger partial charge < -0.3 is 14.8 Å². The first-order valence-corrected chi connectivity index (χ1v) is 8.38. The van der Waals surface area contributed by atoms with E-state index < -0.39 is 0 Å². The van der Waals surface area contributed by atoms with Crippen LogP contribution in [0, 0.1) is 0 Å². The molecule has 0 unspecified atom stereocenters. The van der Waals surface area contributed by atoms with Crippen molar-refractivity contribution in [1.82, 2.24) is 10.3 Å². The van der Waals surface area contributed by atoms with Crippen LogP contribution in [0.1, 0.15) is 10.6 Å². The topological polar surface area (TPSA) is 60.5 Å². The molecule has 0 bridgehead atoms. The van der Waals surface area contributed by atoms with E-state index >= 15 is 0 Å². The molecule has 0 aliphatic carbocycles. The minimum Gasteiger partial charge on any atom is -0.497 e. The van der Waals surface area contributed by atoms with Gasteiger partial charge in [0.2, 0.25) is 5.91 Å². The fraction of sp³-hybridized carbons (Fsp3) is 0.222. The molecular weight excluding hydrogens is 324 g/mol. The Bertz CT molecular complexity index is 799. The van der Waals surface area contributed by atoms with Crippen molar-refractivity contribution < 1.29 is 14.3 Å². The summed E-state index contributed by atoms with van der Waals surface area (Å²) in [6, 6.07) is 15.5. The number of benzene rings is 2. The van der Waals surface area contributed by atoms with E-state index in [1.54, 1.807) is 18.4 Å². The number of carbonyl (C=O) groups is 1. The van der Waals surface area contributed by atoms with E-state index in [1.807, 2.05) is 48.5 Å². The Kier molecular flexibility index (Phi) is 5.40. The van der Waals surface area contributed by atoms with E-state index in [4.69, 9.17) is 9.47 Å². The highest BCUT2D eigenvalue weighted by molar-refractivity contribution is 7.18. The van der Waals surface area contributed by atoms with Gasteiger partial charge in [-0.1, -0.05) is 24.3 Å². The lowest BCUT2D eigenvalue weighted by Crippen LogP contribution is -2.27. The maximum atomic E-state index is 11.8. The Morgan fingerprint density at radius 2 is 2.08 bits per heavy atom. The fourth-order valence-electron chi connectivity index (χ4n) is 2.25. The number of hydrogen-bond donors (Lipinski definition) is 1. The number of amides is 1. The number of thiazole rings is 1. The highest BCUT2D eigenvalue weighted by Gasteiger charge is 2.06. The zero-order valence-electron chi connectivity index (χ0n) is 13.3. The van der Waals surface area contributed by atoms with Crippen molar-refractivity contribution in [1.29, 1.82) is 0 Å². The number of nitrogens with one attached hydrogen (secondary N) is 1. The van der Waals surface area contributed by atoms with Gasteiger partial charge >= 0.3 is 0 Å². The fourth-order valence-corrected chi connectivity index (χ4v) is 3.15. The van der Waals surface area contributed by atoms with E-state index in [-0.39, 0.29) is 12.5 Å². The summed E-state index contributed by atoms with van der Waals surface area (Å²) in [6.07, 6.45) is 0. The molecule has 0 fully saturated rings. The lowest BCUT2D eigenvalue weighted by molar-refractivity contribution is -0.126. The number of hydrogen-bond acceptors (Lipinski definition) is 5. The lowest BCUT2D eigenvalue weighted by Gasteiger charge is -2.07. The average molecular weight is 342 g/mol. The summed E-state index contributed by atoms with van der Waals surface area (Å²) in [7, 11) is 1.62. The first-order chi connectivity index (χ1) is 11.7. The molecule has 0 atom stereocenters. The summed E-state index contributed by atoms with van der Waals surface area (Å²) in [6.45, 7) is 0.798. The first-order valence-electron chi connectivity index (χ1n) is 7.56. The molecule has 0 aliphatic heterocycles. The van der Waals surface area contributed by atoms with Crippen molar-refractivity contribution in [2.45, 2.75) is 13.2 Å². The lowest BCUT2D eigenvalue weighted by atomic mass is 10.2. The molecule has 0 aliphatic rings. The quantitative estimate of drug-likeness (QED) is 0.717. The monoisotopic (exact) mass is 342 g/mol. The van der Waals surface area contributed by atoms with E-state index in [0.717, 1.165) is 26.5 Å². The van der Waals surface area contributed by atoms with Gasteiger partial charge in [0.05, 0.1) is 23.9 Å². The van der Waals surface area contributed by atoms with Gasteiger partial charge in [-0.15, -0.1) is 11.3 Å². The van der Waals surface area contributed by atoms with Gasteiger partial charge in [0, 0.05) is 6.54 Å². The van der Waals surface area contributed by atoms with Gasteiger partial charge in [0.1, 0.15) is 17.4 Å². The normalized spacial score (nSPS) is 10.7. The van der Waals surface area contributed by atoms with Crippen LogP contribution in [-0.4, -0.2) is 24.6 Å². The van der Waals surface area contributed by atoms with Crippen molar-refractivity contribution in [2.75, 3.05) is 13.7 Å². The van der Waals surface area contributed by atoms with E-state index in [0.29, 0.717) is 13.2 Å². The third-order valence-corrected chi connectivity index (χ3v) is 4.43. The van der Waals surface area contributed by atoms with Crippen LogP contribution in [0.2, 0.25) is 0 Å². The third kappa shape index (κ3) is 4.31. The van der Waals surface area contributed by atoms with E-state index in [1.165, 1.54) is 0 Å². The smallest absolute Gasteiger partial charge is 0.246 e. The van der Waals surface area contributed by atoms with E-state index in [2.05, 4.69) is 10.3 Å². The molecule has 5 nitrogen and oxygen atoms in total. The van der Waals surface area contributed by atoms with Crippen LogP contribution < -0.4 is 10.1 Å². The van der Waals surface area contributed by atoms with Gasteiger partial charge in [0.25, 0.3) is 0 Å². The Morgan fingerprint density at radius 1 is 1.21 bits per heavy atom. The van der Waals surface area contributed by atoms with Crippen LogP contribution in [0.5, 0.6) is 5.75 Å².